The van der Waals surface area contributed by atoms with Gasteiger partial charge < -0.3 is 19.4 Å². The number of nitrogens with one attached hydrogen (secondary N) is 2. The molecular weight excluding hydrogens is 737 g/mol. The minimum atomic E-state index is -0.956. The molecule has 15 heteroatoms. The number of aromatic nitrogens is 4. The molecule has 4 aromatic rings. The number of piperidine rings is 2. The van der Waals surface area contributed by atoms with E-state index in [2.05, 4.69) is 64.1 Å². The van der Waals surface area contributed by atoms with E-state index in [1.165, 1.54) is 6.42 Å². The van der Waals surface area contributed by atoms with E-state index in [0.29, 0.717) is 23.0 Å². The van der Waals surface area contributed by atoms with E-state index in [1.807, 2.05) is 18.2 Å². The van der Waals surface area contributed by atoms with Crippen molar-refractivity contribution < 1.29 is 23.9 Å². The number of nitrogens with zero attached hydrogens (tertiary/aromatic N) is 8. The molecule has 0 spiro atoms. The van der Waals surface area contributed by atoms with E-state index in [0.717, 1.165) is 136 Å². The second kappa shape index (κ2) is 14.8. The van der Waals surface area contributed by atoms with Crippen LogP contribution < -0.4 is 19.9 Å². The molecule has 10 rings (SSSR count). The number of amides is 4. The Morgan fingerprint density at radius 1 is 0.776 bits per heavy atom. The molecule has 5 aliphatic heterocycles. The molecule has 1 saturated carbocycles. The van der Waals surface area contributed by atoms with Crippen LogP contribution in [-0.4, -0.2) is 136 Å². The van der Waals surface area contributed by atoms with Crippen molar-refractivity contribution in [2.45, 2.75) is 63.5 Å². The number of hydrogen-bond acceptors (Lipinski definition) is 12. The second-order valence-electron chi connectivity index (χ2n) is 17.4. The molecule has 1 unspecified atom stereocenters. The van der Waals surface area contributed by atoms with Crippen LogP contribution in [0.3, 0.4) is 0 Å². The highest BCUT2D eigenvalue weighted by Gasteiger charge is 2.45. The van der Waals surface area contributed by atoms with Crippen molar-refractivity contribution in [3.8, 4) is 17.1 Å². The van der Waals surface area contributed by atoms with Crippen LogP contribution >= 0.6 is 0 Å². The summed E-state index contributed by atoms with van der Waals surface area (Å²) in [6, 6.07) is 12.6. The quantitative estimate of drug-likeness (QED) is 0.225. The summed E-state index contributed by atoms with van der Waals surface area (Å²) >= 11 is 0. The number of H-pyrrole nitrogens is 1. The SMILES string of the molecule is CC1(Oc2ccc3[nH]nc(-c4cc(N5CCC(CN6CC[C@@H](CN7CCN(c8ccc9c(c8)C(=O)N(C8CCC(=O)NC8=O)C9=O)CC7)C6)CC5)ncn4)c3c2)CC1. The lowest BCUT2D eigenvalue weighted by atomic mass is 9.96. The standard InChI is InChI=1S/C43H50N10O5/c1-43(11-12-43)58-30-3-5-34-33(21-30)39(48-47-34)35-22-37(45-26-44-35)52-14-9-27(10-15-52)23-50-13-8-28(25-50)24-49-16-18-51(19-17-49)29-2-4-31-32(20-29)42(57)53(41(31)56)36-6-7-38(54)46-40(36)55/h2-5,20-22,26-28,36H,6-19,23-25H2,1H3,(H,47,48)(H,46,54,55)/t28-,36?/m0/s1. The molecule has 2 aromatic carbocycles. The highest BCUT2D eigenvalue weighted by molar-refractivity contribution is 6.23. The van der Waals surface area contributed by atoms with E-state index in [1.54, 1.807) is 18.5 Å². The summed E-state index contributed by atoms with van der Waals surface area (Å²) in [5, 5.41) is 11.1. The summed E-state index contributed by atoms with van der Waals surface area (Å²) in [4.78, 5) is 70.8. The lowest BCUT2D eigenvalue weighted by Gasteiger charge is -2.37. The maximum absolute atomic E-state index is 13.4. The van der Waals surface area contributed by atoms with Gasteiger partial charge in [-0.2, -0.15) is 5.10 Å². The summed E-state index contributed by atoms with van der Waals surface area (Å²) in [6.07, 6.45) is 7.60. The van der Waals surface area contributed by atoms with Gasteiger partial charge in [0.15, 0.2) is 0 Å². The summed E-state index contributed by atoms with van der Waals surface area (Å²) in [7, 11) is 0. The molecule has 7 heterocycles. The van der Waals surface area contributed by atoms with Gasteiger partial charge in [-0.05, 0) is 100 Å². The molecule has 1 aliphatic carbocycles. The fourth-order valence-corrected chi connectivity index (χ4v) is 9.61. The van der Waals surface area contributed by atoms with Gasteiger partial charge >= 0.3 is 0 Å². The Balaban J connectivity index is 0.682. The van der Waals surface area contributed by atoms with Gasteiger partial charge in [-0.25, -0.2) is 9.97 Å². The van der Waals surface area contributed by atoms with E-state index in [-0.39, 0.29) is 24.3 Å². The third kappa shape index (κ3) is 7.18. The van der Waals surface area contributed by atoms with Gasteiger partial charge in [-0.15, -0.1) is 0 Å². The highest BCUT2D eigenvalue weighted by Crippen LogP contribution is 2.41. The van der Waals surface area contributed by atoms with Gasteiger partial charge in [-0.1, -0.05) is 0 Å². The maximum Gasteiger partial charge on any atom is 0.262 e. The Labute approximate surface area is 337 Å². The van der Waals surface area contributed by atoms with Gasteiger partial charge in [0.25, 0.3) is 11.8 Å². The molecule has 6 aliphatic rings. The number of piperazine rings is 1. The monoisotopic (exact) mass is 786 g/mol. The number of hydrogen-bond donors (Lipinski definition) is 2. The minimum Gasteiger partial charge on any atom is -0.488 e. The van der Waals surface area contributed by atoms with Crippen molar-refractivity contribution in [1.82, 2.24) is 40.2 Å². The van der Waals surface area contributed by atoms with Crippen molar-refractivity contribution in [2.24, 2.45) is 11.8 Å². The van der Waals surface area contributed by atoms with Crippen LogP contribution in [0.15, 0.2) is 48.8 Å². The van der Waals surface area contributed by atoms with Gasteiger partial charge in [0.05, 0.1) is 22.3 Å². The minimum absolute atomic E-state index is 0.0440. The smallest absolute Gasteiger partial charge is 0.262 e. The van der Waals surface area contributed by atoms with Crippen LogP contribution in [0.2, 0.25) is 0 Å². The van der Waals surface area contributed by atoms with Crippen molar-refractivity contribution in [2.75, 3.05) is 75.2 Å². The number of rotatable bonds is 10. The number of imide groups is 2. The van der Waals surface area contributed by atoms with Gasteiger partial charge in [-0.3, -0.25) is 39.4 Å². The normalized spacial score (nSPS) is 24.2. The topological polar surface area (TPSA) is 160 Å². The number of anilines is 2. The van der Waals surface area contributed by atoms with E-state index >= 15 is 0 Å². The lowest BCUT2D eigenvalue weighted by molar-refractivity contribution is -0.136. The Hall–Kier alpha value is -5.41. The number of ether oxygens (including phenoxy) is 1. The first kappa shape index (κ1) is 36.9. The number of carbonyl (C=O) groups is 4. The molecule has 2 atom stereocenters. The first-order chi connectivity index (χ1) is 28.2. The number of carbonyl (C=O) groups excluding carboxylic acids is 4. The first-order valence-electron chi connectivity index (χ1n) is 21.0. The molecule has 0 radical (unpaired) electrons. The molecule has 5 fully saturated rings. The van der Waals surface area contributed by atoms with E-state index < -0.39 is 23.8 Å². The third-order valence-electron chi connectivity index (χ3n) is 13.3. The van der Waals surface area contributed by atoms with Crippen LogP contribution in [0.25, 0.3) is 22.3 Å². The molecule has 4 saturated heterocycles. The molecule has 2 N–H and O–H groups in total. The molecule has 15 nitrogen and oxygen atoms in total. The van der Waals surface area contributed by atoms with Crippen molar-refractivity contribution in [3.05, 3.63) is 59.9 Å². The second-order valence-corrected chi connectivity index (χ2v) is 17.4. The Bertz CT molecular complexity index is 2270. The van der Waals surface area contributed by atoms with E-state index in [4.69, 9.17) is 4.74 Å². The van der Waals surface area contributed by atoms with Crippen LogP contribution in [0, 0.1) is 11.8 Å². The number of fused-ring (bicyclic) bond motifs is 2. The highest BCUT2D eigenvalue weighted by atomic mass is 16.5. The molecule has 4 amide bonds. The Morgan fingerprint density at radius 2 is 1.55 bits per heavy atom. The van der Waals surface area contributed by atoms with Crippen molar-refractivity contribution in [3.63, 3.8) is 0 Å². The largest absolute Gasteiger partial charge is 0.488 e. The van der Waals surface area contributed by atoms with Gasteiger partial charge in [0.2, 0.25) is 11.8 Å². The molecule has 58 heavy (non-hydrogen) atoms. The van der Waals surface area contributed by atoms with Crippen LogP contribution in [0.1, 0.15) is 72.6 Å². The molecule has 302 valence electrons. The average Bonchev–Trinajstić information content (AvgIpc) is 3.49. The summed E-state index contributed by atoms with van der Waals surface area (Å²) in [5.41, 5.74) is 4.12. The summed E-state index contributed by atoms with van der Waals surface area (Å²) < 4.78 is 6.23. The van der Waals surface area contributed by atoms with Gasteiger partial charge in [0.1, 0.15) is 35.2 Å². The summed E-state index contributed by atoms with van der Waals surface area (Å²) in [6.45, 7) is 12.2. The predicted octanol–water partition coefficient (Wildman–Crippen LogP) is 3.71. The van der Waals surface area contributed by atoms with Crippen LogP contribution in [-0.2, 0) is 9.59 Å². The maximum atomic E-state index is 13.4. The predicted molar refractivity (Wildman–Crippen MR) is 217 cm³/mol. The number of benzene rings is 2. The lowest BCUT2D eigenvalue weighted by Crippen LogP contribution is -2.54. The molecule has 0 bridgehead atoms. The van der Waals surface area contributed by atoms with Crippen molar-refractivity contribution in [1.29, 1.82) is 0 Å². The molecular formula is C43H50N10O5. The first-order valence-corrected chi connectivity index (χ1v) is 21.0. The Kier molecular flexibility index (Phi) is 9.39. The Morgan fingerprint density at radius 3 is 2.34 bits per heavy atom. The zero-order valence-corrected chi connectivity index (χ0v) is 33.0. The third-order valence-corrected chi connectivity index (χ3v) is 13.3. The summed E-state index contributed by atoms with van der Waals surface area (Å²) in [5.74, 6) is 1.25. The number of aromatic amines is 1. The zero-order chi connectivity index (χ0) is 39.5. The number of likely N-dealkylation sites (tertiary alicyclic amines) is 1. The average molecular weight is 787 g/mol. The van der Waals surface area contributed by atoms with Gasteiger partial charge in [0, 0.05) is 82.5 Å². The van der Waals surface area contributed by atoms with Crippen LogP contribution in [0.5, 0.6) is 5.75 Å². The van der Waals surface area contributed by atoms with Crippen molar-refractivity contribution >= 4 is 46.0 Å². The fraction of sp³-hybridized carbons (Fsp3) is 0.512. The molecule has 2 aromatic heterocycles. The van der Waals surface area contributed by atoms with Crippen LogP contribution in [0.4, 0.5) is 11.5 Å². The zero-order valence-electron chi connectivity index (χ0n) is 33.0. The van der Waals surface area contributed by atoms with E-state index in [9.17, 15) is 19.2 Å². The fourth-order valence-electron chi connectivity index (χ4n) is 9.61.